The zero-order chi connectivity index (χ0) is 16.2. The number of halogens is 1. The van der Waals surface area contributed by atoms with Crippen LogP contribution in [0.1, 0.15) is 21.5 Å². The summed E-state index contributed by atoms with van der Waals surface area (Å²) < 4.78 is 0. The fourth-order valence-corrected chi connectivity index (χ4v) is 2.43. The molecule has 0 spiro atoms. The normalized spacial score (nSPS) is 10.3. The first-order chi connectivity index (χ1) is 11.2. The Balaban J connectivity index is 1.86. The lowest BCUT2D eigenvalue weighted by molar-refractivity contribution is 0.0951. The van der Waals surface area contributed by atoms with Crippen LogP contribution < -0.4 is 5.32 Å². The molecule has 2 aromatic heterocycles. The molecule has 1 aromatic carbocycles. The van der Waals surface area contributed by atoms with Crippen molar-refractivity contribution in [1.82, 2.24) is 15.3 Å². The van der Waals surface area contributed by atoms with Crippen molar-refractivity contribution >= 4 is 28.4 Å². The molecule has 0 aliphatic rings. The summed E-state index contributed by atoms with van der Waals surface area (Å²) in [6.45, 7) is 0.304. The smallest absolute Gasteiger partial charge is 0.251 e. The van der Waals surface area contributed by atoms with Crippen molar-refractivity contribution in [3.63, 3.8) is 0 Å². The molecule has 1 N–H and O–H groups in total. The first-order valence-electron chi connectivity index (χ1n) is 6.84. The molecule has 3 rings (SSSR count). The number of aromatic nitrogens is 2. The van der Waals surface area contributed by atoms with Crippen molar-refractivity contribution in [2.24, 2.45) is 0 Å². The van der Waals surface area contributed by atoms with Crippen molar-refractivity contribution in [2.75, 3.05) is 0 Å². The standard InChI is InChI=1S/C17H11ClN4O/c18-15-7-13-5-11(6-14(8-19)16(13)21-10-15)9-22-17(23)12-1-3-20-4-2-12/h1-7,10H,9H2,(H,22,23). The highest BCUT2D eigenvalue weighted by atomic mass is 35.5. The number of hydrogen-bond donors (Lipinski definition) is 1. The van der Waals surface area contributed by atoms with Crippen LogP contribution in [0.25, 0.3) is 10.9 Å². The second-order valence-corrected chi connectivity index (χ2v) is 5.34. The zero-order valence-electron chi connectivity index (χ0n) is 12.0. The van der Waals surface area contributed by atoms with E-state index in [1.54, 1.807) is 36.7 Å². The predicted octanol–water partition coefficient (Wildman–Crippen LogP) is 3.08. The van der Waals surface area contributed by atoms with Gasteiger partial charge in [-0.1, -0.05) is 11.6 Å². The van der Waals surface area contributed by atoms with Crippen molar-refractivity contribution < 1.29 is 4.79 Å². The maximum absolute atomic E-state index is 12.1. The van der Waals surface area contributed by atoms with Crippen molar-refractivity contribution in [1.29, 1.82) is 5.26 Å². The van der Waals surface area contributed by atoms with Gasteiger partial charge in [-0.3, -0.25) is 14.8 Å². The highest BCUT2D eigenvalue weighted by Gasteiger charge is 2.08. The largest absolute Gasteiger partial charge is 0.348 e. The number of benzene rings is 1. The summed E-state index contributed by atoms with van der Waals surface area (Å²) >= 11 is 5.95. The molecule has 112 valence electrons. The van der Waals surface area contributed by atoms with E-state index in [0.717, 1.165) is 10.9 Å². The van der Waals surface area contributed by atoms with Crippen LogP contribution in [0, 0.1) is 11.3 Å². The highest BCUT2D eigenvalue weighted by Crippen LogP contribution is 2.22. The molecule has 0 saturated carbocycles. The van der Waals surface area contributed by atoms with Crippen LogP contribution in [0.2, 0.25) is 5.02 Å². The van der Waals surface area contributed by atoms with E-state index >= 15 is 0 Å². The fraction of sp³-hybridized carbons (Fsp3) is 0.0588. The van der Waals surface area contributed by atoms with Crippen LogP contribution in [-0.2, 0) is 6.54 Å². The van der Waals surface area contributed by atoms with E-state index in [9.17, 15) is 10.1 Å². The minimum absolute atomic E-state index is 0.199. The van der Waals surface area contributed by atoms with Gasteiger partial charge in [0.25, 0.3) is 5.91 Å². The van der Waals surface area contributed by atoms with Gasteiger partial charge in [-0.2, -0.15) is 5.26 Å². The van der Waals surface area contributed by atoms with Crippen LogP contribution in [0.4, 0.5) is 0 Å². The van der Waals surface area contributed by atoms with Crippen LogP contribution in [0.3, 0.4) is 0 Å². The molecule has 2 heterocycles. The van der Waals surface area contributed by atoms with E-state index in [1.165, 1.54) is 6.20 Å². The number of nitrogens with one attached hydrogen (secondary N) is 1. The quantitative estimate of drug-likeness (QED) is 0.803. The SMILES string of the molecule is N#Cc1cc(CNC(=O)c2ccncc2)cc2cc(Cl)cnc12. The molecule has 0 fully saturated rings. The van der Waals surface area contributed by atoms with Gasteiger partial charge in [-0.25, -0.2) is 0 Å². The van der Waals surface area contributed by atoms with Gasteiger partial charge in [0.2, 0.25) is 0 Å². The monoisotopic (exact) mass is 322 g/mol. The minimum atomic E-state index is -0.199. The second-order valence-electron chi connectivity index (χ2n) is 4.90. The highest BCUT2D eigenvalue weighted by molar-refractivity contribution is 6.31. The Labute approximate surface area is 137 Å². The first-order valence-corrected chi connectivity index (χ1v) is 7.21. The molecule has 0 aliphatic heterocycles. The molecule has 5 nitrogen and oxygen atoms in total. The van der Waals surface area contributed by atoms with E-state index in [0.29, 0.717) is 28.2 Å². The summed E-state index contributed by atoms with van der Waals surface area (Å²) in [5.74, 6) is -0.199. The lowest BCUT2D eigenvalue weighted by Gasteiger charge is -2.08. The topological polar surface area (TPSA) is 78.7 Å². The van der Waals surface area contributed by atoms with Gasteiger partial charge in [0.05, 0.1) is 16.1 Å². The van der Waals surface area contributed by atoms with Gasteiger partial charge in [-0.15, -0.1) is 0 Å². The summed E-state index contributed by atoms with van der Waals surface area (Å²) in [4.78, 5) is 20.1. The van der Waals surface area contributed by atoms with E-state index < -0.39 is 0 Å². The van der Waals surface area contributed by atoms with E-state index in [1.807, 2.05) is 6.07 Å². The number of nitriles is 1. The van der Waals surface area contributed by atoms with Crippen molar-refractivity contribution in [3.8, 4) is 6.07 Å². The molecule has 6 heteroatoms. The van der Waals surface area contributed by atoms with Crippen LogP contribution in [0.5, 0.6) is 0 Å². The Morgan fingerprint density at radius 1 is 1.26 bits per heavy atom. The number of amides is 1. The summed E-state index contributed by atoms with van der Waals surface area (Å²) in [5, 5.41) is 13.4. The zero-order valence-corrected chi connectivity index (χ0v) is 12.7. The molecular weight excluding hydrogens is 312 g/mol. The maximum atomic E-state index is 12.1. The van der Waals surface area contributed by atoms with Crippen LogP contribution in [-0.4, -0.2) is 15.9 Å². The van der Waals surface area contributed by atoms with E-state index in [2.05, 4.69) is 21.4 Å². The second kappa shape index (κ2) is 6.42. The van der Waals surface area contributed by atoms with Gasteiger partial charge >= 0.3 is 0 Å². The summed E-state index contributed by atoms with van der Waals surface area (Å²) in [6, 6.07) is 10.7. The molecule has 1 amide bonds. The molecule has 0 atom stereocenters. The molecular formula is C17H11ClN4O. The predicted molar refractivity (Wildman–Crippen MR) is 86.9 cm³/mol. The number of nitrogens with zero attached hydrogens (tertiary/aromatic N) is 3. The van der Waals surface area contributed by atoms with Crippen LogP contribution in [0.15, 0.2) is 48.9 Å². The maximum Gasteiger partial charge on any atom is 0.251 e. The van der Waals surface area contributed by atoms with E-state index in [-0.39, 0.29) is 5.91 Å². The molecule has 23 heavy (non-hydrogen) atoms. The number of fused-ring (bicyclic) bond motifs is 1. The Morgan fingerprint density at radius 3 is 2.78 bits per heavy atom. The molecule has 0 unspecified atom stereocenters. The first kappa shape index (κ1) is 14.9. The van der Waals surface area contributed by atoms with Crippen LogP contribution >= 0.6 is 11.6 Å². The number of carbonyl (C=O) groups excluding carboxylic acids is 1. The van der Waals surface area contributed by atoms with Gasteiger partial charge in [0.15, 0.2) is 0 Å². The fourth-order valence-electron chi connectivity index (χ4n) is 2.26. The molecule has 3 aromatic rings. The molecule has 0 radical (unpaired) electrons. The Bertz CT molecular complexity index is 919. The third-order valence-corrected chi connectivity index (χ3v) is 3.53. The third kappa shape index (κ3) is 3.28. The number of carbonyl (C=O) groups is 1. The van der Waals surface area contributed by atoms with Gasteiger partial charge < -0.3 is 5.32 Å². The average molecular weight is 323 g/mol. The summed E-state index contributed by atoms with van der Waals surface area (Å²) in [5.41, 5.74) is 2.39. The lowest BCUT2D eigenvalue weighted by atomic mass is 10.1. The number of hydrogen-bond acceptors (Lipinski definition) is 4. The lowest BCUT2D eigenvalue weighted by Crippen LogP contribution is -2.22. The Morgan fingerprint density at radius 2 is 2.04 bits per heavy atom. The number of pyridine rings is 2. The summed E-state index contributed by atoms with van der Waals surface area (Å²) in [6.07, 6.45) is 4.63. The molecule has 0 bridgehead atoms. The van der Waals surface area contributed by atoms with Gasteiger partial charge in [0.1, 0.15) is 6.07 Å². The molecule has 0 saturated heterocycles. The van der Waals surface area contributed by atoms with Gasteiger partial charge in [-0.05, 0) is 35.9 Å². The minimum Gasteiger partial charge on any atom is -0.348 e. The Hall–Kier alpha value is -2.97. The number of rotatable bonds is 3. The Kier molecular flexibility index (Phi) is 4.18. The van der Waals surface area contributed by atoms with Crippen molar-refractivity contribution in [2.45, 2.75) is 6.54 Å². The molecule has 0 aliphatic carbocycles. The third-order valence-electron chi connectivity index (χ3n) is 3.33. The summed E-state index contributed by atoms with van der Waals surface area (Å²) in [7, 11) is 0. The van der Waals surface area contributed by atoms with Gasteiger partial charge in [0, 0.05) is 36.1 Å². The van der Waals surface area contributed by atoms with E-state index in [4.69, 9.17) is 11.6 Å². The average Bonchev–Trinajstić information content (AvgIpc) is 2.59. The van der Waals surface area contributed by atoms with Crippen molar-refractivity contribution in [3.05, 3.63) is 70.6 Å².